The molecule has 0 aliphatic heterocycles. The summed E-state index contributed by atoms with van der Waals surface area (Å²) < 4.78 is 5.24. The first-order valence-electron chi connectivity index (χ1n) is 7.20. The molecule has 19 heavy (non-hydrogen) atoms. The van der Waals surface area contributed by atoms with E-state index in [0.29, 0.717) is 5.92 Å². The minimum atomic E-state index is 0.178. The van der Waals surface area contributed by atoms with Crippen LogP contribution in [0.4, 0.5) is 0 Å². The Morgan fingerprint density at radius 3 is 2.58 bits per heavy atom. The van der Waals surface area contributed by atoms with Gasteiger partial charge in [0, 0.05) is 19.3 Å². The van der Waals surface area contributed by atoms with Crippen LogP contribution in [0, 0.1) is 12.8 Å². The van der Waals surface area contributed by atoms with Gasteiger partial charge in [-0.1, -0.05) is 29.8 Å². The van der Waals surface area contributed by atoms with E-state index >= 15 is 0 Å². The highest BCUT2D eigenvalue weighted by atomic mass is 16.5. The van der Waals surface area contributed by atoms with Crippen LogP contribution >= 0.6 is 0 Å². The standard InChI is InChI=1S/C17H29NO/c1-14-7-6-8-15(11-14)12-16(9-10-19-5)13-18-17(2,3)4/h6-8,11,16,18H,9-10,12-13H2,1-5H3. The predicted octanol–water partition coefficient (Wildman–Crippen LogP) is 3.58. The summed E-state index contributed by atoms with van der Waals surface area (Å²) in [6, 6.07) is 8.82. The summed E-state index contributed by atoms with van der Waals surface area (Å²) in [4.78, 5) is 0. The number of rotatable bonds is 7. The molecule has 0 amide bonds. The second-order valence-electron chi connectivity index (χ2n) is 6.47. The minimum absolute atomic E-state index is 0.178. The van der Waals surface area contributed by atoms with Gasteiger partial charge in [-0.05, 0) is 58.6 Å². The molecule has 108 valence electrons. The fraction of sp³-hybridized carbons (Fsp3) is 0.647. The summed E-state index contributed by atoms with van der Waals surface area (Å²) in [5.41, 5.74) is 2.95. The second kappa shape index (κ2) is 7.66. The molecule has 2 nitrogen and oxygen atoms in total. The van der Waals surface area contributed by atoms with Crippen LogP contribution < -0.4 is 5.32 Å². The van der Waals surface area contributed by atoms with Crippen molar-refractivity contribution in [2.45, 2.75) is 46.1 Å². The third-order valence-corrected chi connectivity index (χ3v) is 3.26. The first kappa shape index (κ1) is 16.2. The van der Waals surface area contributed by atoms with Crippen LogP contribution in [0.15, 0.2) is 24.3 Å². The maximum atomic E-state index is 5.24. The summed E-state index contributed by atoms with van der Waals surface area (Å²) in [5.74, 6) is 0.626. The van der Waals surface area contributed by atoms with Crippen molar-refractivity contribution < 1.29 is 4.74 Å². The number of hydrogen-bond acceptors (Lipinski definition) is 2. The fourth-order valence-corrected chi connectivity index (χ4v) is 2.18. The smallest absolute Gasteiger partial charge is 0.0465 e. The molecule has 1 unspecified atom stereocenters. The van der Waals surface area contributed by atoms with Crippen molar-refractivity contribution in [2.24, 2.45) is 5.92 Å². The van der Waals surface area contributed by atoms with Crippen molar-refractivity contribution >= 4 is 0 Å². The van der Waals surface area contributed by atoms with Crippen molar-refractivity contribution in [1.29, 1.82) is 0 Å². The molecule has 0 heterocycles. The molecule has 0 aromatic heterocycles. The van der Waals surface area contributed by atoms with Crippen molar-refractivity contribution in [3.05, 3.63) is 35.4 Å². The monoisotopic (exact) mass is 263 g/mol. The van der Waals surface area contributed by atoms with E-state index in [2.05, 4.69) is 57.3 Å². The maximum absolute atomic E-state index is 5.24. The van der Waals surface area contributed by atoms with Gasteiger partial charge >= 0.3 is 0 Å². The molecule has 0 fully saturated rings. The first-order valence-corrected chi connectivity index (χ1v) is 7.20. The highest BCUT2D eigenvalue weighted by Crippen LogP contribution is 2.14. The Labute approximate surface area is 118 Å². The Bertz CT molecular complexity index is 368. The van der Waals surface area contributed by atoms with E-state index < -0.39 is 0 Å². The van der Waals surface area contributed by atoms with Gasteiger partial charge in [-0.2, -0.15) is 0 Å². The summed E-state index contributed by atoms with van der Waals surface area (Å²) in [7, 11) is 1.78. The molecule has 2 heteroatoms. The van der Waals surface area contributed by atoms with Gasteiger partial charge in [-0.3, -0.25) is 0 Å². The van der Waals surface area contributed by atoms with Gasteiger partial charge in [0.25, 0.3) is 0 Å². The Morgan fingerprint density at radius 2 is 2.00 bits per heavy atom. The van der Waals surface area contributed by atoms with E-state index in [1.807, 2.05) is 0 Å². The number of aryl methyl sites for hydroxylation is 1. The average Bonchev–Trinajstić information content (AvgIpc) is 2.31. The normalized spacial score (nSPS) is 13.5. The molecule has 1 aromatic carbocycles. The van der Waals surface area contributed by atoms with E-state index in [9.17, 15) is 0 Å². The SMILES string of the molecule is COCCC(CNC(C)(C)C)Cc1cccc(C)c1. The zero-order valence-corrected chi connectivity index (χ0v) is 13.1. The lowest BCUT2D eigenvalue weighted by Crippen LogP contribution is -2.39. The van der Waals surface area contributed by atoms with Gasteiger partial charge < -0.3 is 10.1 Å². The van der Waals surface area contributed by atoms with E-state index in [4.69, 9.17) is 4.74 Å². The molecule has 1 aromatic rings. The van der Waals surface area contributed by atoms with Crippen LogP contribution in [0.5, 0.6) is 0 Å². The van der Waals surface area contributed by atoms with Crippen LogP contribution in [0.25, 0.3) is 0 Å². The lowest BCUT2D eigenvalue weighted by molar-refractivity contribution is 0.173. The van der Waals surface area contributed by atoms with E-state index in [-0.39, 0.29) is 5.54 Å². The Hall–Kier alpha value is -0.860. The van der Waals surface area contributed by atoms with Crippen molar-refractivity contribution in [3.63, 3.8) is 0 Å². The minimum Gasteiger partial charge on any atom is -0.385 e. The lowest BCUT2D eigenvalue weighted by Gasteiger charge is -2.25. The number of methoxy groups -OCH3 is 1. The molecule has 0 aliphatic carbocycles. The number of benzene rings is 1. The third kappa shape index (κ3) is 7.34. The van der Waals surface area contributed by atoms with Crippen LogP contribution in [-0.2, 0) is 11.2 Å². The maximum Gasteiger partial charge on any atom is 0.0465 e. The average molecular weight is 263 g/mol. The topological polar surface area (TPSA) is 21.3 Å². The zero-order valence-electron chi connectivity index (χ0n) is 13.1. The number of hydrogen-bond donors (Lipinski definition) is 1. The van der Waals surface area contributed by atoms with E-state index in [1.165, 1.54) is 11.1 Å². The zero-order chi connectivity index (χ0) is 14.3. The van der Waals surface area contributed by atoms with E-state index in [0.717, 1.165) is 26.0 Å². The molecule has 1 atom stereocenters. The summed E-state index contributed by atoms with van der Waals surface area (Å²) >= 11 is 0. The van der Waals surface area contributed by atoms with Crippen LogP contribution in [0.1, 0.15) is 38.3 Å². The quantitative estimate of drug-likeness (QED) is 0.812. The van der Waals surface area contributed by atoms with Gasteiger partial charge in [0.2, 0.25) is 0 Å². The third-order valence-electron chi connectivity index (χ3n) is 3.26. The highest BCUT2D eigenvalue weighted by molar-refractivity contribution is 5.22. The van der Waals surface area contributed by atoms with Crippen molar-refractivity contribution in [3.8, 4) is 0 Å². The second-order valence-corrected chi connectivity index (χ2v) is 6.47. The first-order chi connectivity index (χ1) is 8.90. The van der Waals surface area contributed by atoms with Crippen molar-refractivity contribution in [2.75, 3.05) is 20.3 Å². The fourth-order valence-electron chi connectivity index (χ4n) is 2.18. The highest BCUT2D eigenvalue weighted by Gasteiger charge is 2.14. The van der Waals surface area contributed by atoms with Crippen LogP contribution in [-0.4, -0.2) is 25.8 Å². The lowest BCUT2D eigenvalue weighted by atomic mass is 9.94. The van der Waals surface area contributed by atoms with Gasteiger partial charge in [-0.15, -0.1) is 0 Å². The van der Waals surface area contributed by atoms with Gasteiger partial charge in [0.1, 0.15) is 0 Å². The molecule has 0 spiro atoms. The molecule has 0 radical (unpaired) electrons. The number of ether oxygens (including phenoxy) is 1. The Balaban J connectivity index is 2.58. The van der Waals surface area contributed by atoms with Gasteiger partial charge in [0.15, 0.2) is 0 Å². The molecule has 0 saturated heterocycles. The molecule has 1 rings (SSSR count). The molecule has 0 bridgehead atoms. The molecular formula is C17H29NO. The molecule has 0 aliphatic rings. The molecule has 0 saturated carbocycles. The summed E-state index contributed by atoms with van der Waals surface area (Å²) in [6.07, 6.45) is 2.22. The van der Waals surface area contributed by atoms with Crippen molar-refractivity contribution in [1.82, 2.24) is 5.32 Å². The largest absolute Gasteiger partial charge is 0.385 e. The summed E-state index contributed by atoms with van der Waals surface area (Å²) in [6.45, 7) is 10.7. The molecule has 1 N–H and O–H groups in total. The van der Waals surface area contributed by atoms with Gasteiger partial charge in [0.05, 0.1) is 0 Å². The molecular weight excluding hydrogens is 234 g/mol. The number of nitrogens with one attached hydrogen (secondary N) is 1. The van der Waals surface area contributed by atoms with Crippen LogP contribution in [0.2, 0.25) is 0 Å². The summed E-state index contributed by atoms with van der Waals surface area (Å²) in [5, 5.41) is 3.61. The van der Waals surface area contributed by atoms with Gasteiger partial charge in [-0.25, -0.2) is 0 Å². The van der Waals surface area contributed by atoms with Crippen LogP contribution in [0.3, 0.4) is 0 Å². The Morgan fingerprint density at radius 1 is 1.26 bits per heavy atom. The van der Waals surface area contributed by atoms with E-state index in [1.54, 1.807) is 7.11 Å². The predicted molar refractivity (Wildman–Crippen MR) is 82.6 cm³/mol. The Kier molecular flexibility index (Phi) is 6.53.